The SMILES string of the molecule is N#Cc1ccc(Sc2ncc(-c3ccccc3)n2C2CC2)nc1. The summed E-state index contributed by atoms with van der Waals surface area (Å²) in [6.07, 6.45) is 5.94. The molecule has 4 rings (SSSR count). The Bertz CT molecular complexity index is 858. The van der Waals surface area contributed by atoms with E-state index in [1.165, 1.54) is 18.4 Å². The topological polar surface area (TPSA) is 54.5 Å². The fourth-order valence-corrected chi connectivity index (χ4v) is 3.41. The predicted octanol–water partition coefficient (Wildman–Crippen LogP) is 4.30. The largest absolute Gasteiger partial charge is 0.316 e. The van der Waals surface area contributed by atoms with E-state index in [1.54, 1.807) is 24.0 Å². The molecule has 1 fully saturated rings. The molecule has 1 saturated carbocycles. The minimum atomic E-state index is 0.536. The first-order valence-corrected chi connectivity index (χ1v) is 8.33. The van der Waals surface area contributed by atoms with Crippen LogP contribution >= 0.6 is 11.8 Å². The molecule has 112 valence electrons. The van der Waals surface area contributed by atoms with E-state index < -0.39 is 0 Å². The maximum atomic E-state index is 8.86. The van der Waals surface area contributed by atoms with Crippen molar-refractivity contribution in [1.29, 1.82) is 5.26 Å². The van der Waals surface area contributed by atoms with Crippen LogP contribution in [0.2, 0.25) is 0 Å². The van der Waals surface area contributed by atoms with Gasteiger partial charge >= 0.3 is 0 Å². The Morgan fingerprint density at radius 1 is 1.04 bits per heavy atom. The van der Waals surface area contributed by atoms with Crippen LogP contribution < -0.4 is 0 Å². The maximum absolute atomic E-state index is 8.86. The van der Waals surface area contributed by atoms with E-state index in [0.29, 0.717) is 11.6 Å². The van der Waals surface area contributed by atoms with E-state index in [2.05, 4.69) is 44.9 Å². The fourth-order valence-electron chi connectivity index (χ4n) is 2.53. The van der Waals surface area contributed by atoms with Crippen LogP contribution in [0.15, 0.2) is 65.0 Å². The summed E-state index contributed by atoms with van der Waals surface area (Å²) in [5.41, 5.74) is 2.92. The molecule has 1 aromatic carbocycles. The molecule has 0 atom stereocenters. The summed E-state index contributed by atoms with van der Waals surface area (Å²) in [5, 5.41) is 10.7. The van der Waals surface area contributed by atoms with Gasteiger partial charge in [0, 0.05) is 12.2 Å². The molecule has 0 radical (unpaired) electrons. The molecule has 1 aliphatic rings. The summed E-state index contributed by atoms with van der Waals surface area (Å²) in [5.74, 6) is 0. The summed E-state index contributed by atoms with van der Waals surface area (Å²) in [6, 6.07) is 16.6. The monoisotopic (exact) mass is 318 g/mol. The molecule has 0 N–H and O–H groups in total. The summed E-state index contributed by atoms with van der Waals surface area (Å²) in [6.45, 7) is 0. The Morgan fingerprint density at radius 3 is 2.52 bits per heavy atom. The number of nitriles is 1. The lowest BCUT2D eigenvalue weighted by molar-refractivity contribution is 0.669. The van der Waals surface area contributed by atoms with Gasteiger partial charge in [-0.2, -0.15) is 5.26 Å². The lowest BCUT2D eigenvalue weighted by Crippen LogP contribution is -1.99. The third kappa shape index (κ3) is 2.86. The third-order valence-corrected chi connectivity index (χ3v) is 4.74. The summed E-state index contributed by atoms with van der Waals surface area (Å²) in [7, 11) is 0. The number of hydrogen-bond donors (Lipinski definition) is 0. The molecule has 0 aliphatic heterocycles. The molecular weight excluding hydrogens is 304 g/mol. The van der Waals surface area contributed by atoms with Gasteiger partial charge in [0.05, 0.1) is 17.5 Å². The first kappa shape index (κ1) is 14.0. The van der Waals surface area contributed by atoms with Crippen LogP contribution in [0.4, 0.5) is 0 Å². The van der Waals surface area contributed by atoms with Crippen molar-refractivity contribution < 1.29 is 0 Å². The lowest BCUT2D eigenvalue weighted by atomic mass is 10.2. The summed E-state index contributed by atoms with van der Waals surface area (Å²) >= 11 is 1.55. The Balaban J connectivity index is 1.69. The molecule has 0 saturated heterocycles. The number of hydrogen-bond acceptors (Lipinski definition) is 4. The minimum Gasteiger partial charge on any atom is -0.316 e. The molecule has 2 heterocycles. The molecule has 0 spiro atoms. The van der Waals surface area contributed by atoms with Crippen molar-refractivity contribution in [3.63, 3.8) is 0 Å². The van der Waals surface area contributed by atoms with Crippen molar-refractivity contribution in [2.24, 2.45) is 0 Å². The summed E-state index contributed by atoms with van der Waals surface area (Å²) in [4.78, 5) is 8.95. The zero-order valence-corrected chi connectivity index (χ0v) is 13.2. The number of pyridine rings is 1. The van der Waals surface area contributed by atoms with E-state index in [1.807, 2.05) is 18.3 Å². The average Bonchev–Trinajstić information content (AvgIpc) is 3.37. The molecule has 2 aromatic heterocycles. The Kier molecular flexibility index (Phi) is 3.60. The Labute approximate surface area is 138 Å². The van der Waals surface area contributed by atoms with Crippen molar-refractivity contribution in [2.75, 3.05) is 0 Å². The van der Waals surface area contributed by atoms with Gasteiger partial charge in [-0.15, -0.1) is 0 Å². The highest BCUT2D eigenvalue weighted by atomic mass is 32.2. The molecule has 5 heteroatoms. The normalized spacial score (nSPS) is 13.7. The van der Waals surface area contributed by atoms with Gasteiger partial charge < -0.3 is 4.57 Å². The van der Waals surface area contributed by atoms with E-state index in [9.17, 15) is 0 Å². The van der Waals surface area contributed by atoms with Gasteiger partial charge in [0.25, 0.3) is 0 Å². The van der Waals surface area contributed by atoms with Gasteiger partial charge in [0.1, 0.15) is 11.1 Å². The number of nitrogens with zero attached hydrogens (tertiary/aromatic N) is 4. The number of aromatic nitrogens is 3. The number of rotatable bonds is 4. The van der Waals surface area contributed by atoms with Crippen LogP contribution in [-0.2, 0) is 0 Å². The second-order valence-corrected chi connectivity index (χ2v) is 6.48. The number of imidazole rings is 1. The minimum absolute atomic E-state index is 0.536. The van der Waals surface area contributed by atoms with Crippen LogP contribution in [0, 0.1) is 11.3 Å². The predicted molar refractivity (Wildman–Crippen MR) is 89.0 cm³/mol. The van der Waals surface area contributed by atoms with E-state index in [4.69, 9.17) is 5.26 Å². The number of benzene rings is 1. The first-order chi connectivity index (χ1) is 11.3. The van der Waals surface area contributed by atoms with E-state index in [0.717, 1.165) is 15.9 Å². The van der Waals surface area contributed by atoms with E-state index in [-0.39, 0.29) is 0 Å². The van der Waals surface area contributed by atoms with Crippen LogP contribution in [0.3, 0.4) is 0 Å². The molecule has 0 unspecified atom stereocenters. The second-order valence-electron chi connectivity index (χ2n) is 5.49. The van der Waals surface area contributed by atoms with Crippen molar-refractivity contribution >= 4 is 11.8 Å². The van der Waals surface area contributed by atoms with Gasteiger partial charge in [0.15, 0.2) is 5.16 Å². The highest BCUT2D eigenvalue weighted by molar-refractivity contribution is 7.99. The highest BCUT2D eigenvalue weighted by Crippen LogP contribution is 2.42. The standard InChI is InChI=1S/C18H14N4S/c19-10-13-6-9-17(20-11-13)23-18-21-12-16(22(18)15-7-8-15)14-4-2-1-3-5-14/h1-6,9,11-12,15H,7-8H2. The van der Waals surface area contributed by atoms with E-state index >= 15 is 0 Å². The van der Waals surface area contributed by atoms with Crippen LogP contribution in [0.5, 0.6) is 0 Å². The summed E-state index contributed by atoms with van der Waals surface area (Å²) < 4.78 is 2.32. The van der Waals surface area contributed by atoms with Gasteiger partial charge in [-0.05, 0) is 42.3 Å². The Hall–Kier alpha value is -2.58. The van der Waals surface area contributed by atoms with Gasteiger partial charge in [0.2, 0.25) is 0 Å². The zero-order valence-electron chi connectivity index (χ0n) is 12.4. The highest BCUT2D eigenvalue weighted by Gasteiger charge is 2.29. The average molecular weight is 318 g/mol. The van der Waals surface area contributed by atoms with Gasteiger partial charge in [-0.3, -0.25) is 0 Å². The van der Waals surface area contributed by atoms with Crippen LogP contribution in [-0.4, -0.2) is 14.5 Å². The van der Waals surface area contributed by atoms with Crippen LogP contribution in [0.25, 0.3) is 11.3 Å². The van der Waals surface area contributed by atoms with Crippen molar-refractivity contribution in [3.05, 3.63) is 60.4 Å². The molecule has 0 bridgehead atoms. The molecule has 23 heavy (non-hydrogen) atoms. The molecule has 0 amide bonds. The molecule has 1 aliphatic carbocycles. The zero-order chi connectivity index (χ0) is 15.6. The lowest BCUT2D eigenvalue weighted by Gasteiger charge is -2.10. The Morgan fingerprint density at radius 2 is 1.87 bits per heavy atom. The van der Waals surface area contributed by atoms with Gasteiger partial charge in [-0.25, -0.2) is 9.97 Å². The first-order valence-electron chi connectivity index (χ1n) is 7.52. The molecule has 3 aromatic rings. The van der Waals surface area contributed by atoms with Gasteiger partial charge in [-0.1, -0.05) is 30.3 Å². The van der Waals surface area contributed by atoms with Crippen LogP contribution in [0.1, 0.15) is 24.4 Å². The maximum Gasteiger partial charge on any atom is 0.175 e. The quantitative estimate of drug-likeness (QED) is 0.719. The fraction of sp³-hybridized carbons (Fsp3) is 0.167. The second kappa shape index (κ2) is 5.90. The van der Waals surface area contributed by atoms with Crippen molar-refractivity contribution in [1.82, 2.24) is 14.5 Å². The van der Waals surface area contributed by atoms with Crippen molar-refractivity contribution in [2.45, 2.75) is 29.1 Å². The third-order valence-electron chi connectivity index (χ3n) is 3.81. The molecular formula is C18H14N4S. The molecule has 4 nitrogen and oxygen atoms in total. The van der Waals surface area contributed by atoms with Crippen molar-refractivity contribution in [3.8, 4) is 17.3 Å². The smallest absolute Gasteiger partial charge is 0.175 e.